The number of nitrogens with one attached hydrogen (secondary N) is 2. The lowest BCUT2D eigenvalue weighted by Gasteiger charge is -2.40. The number of thiazole rings is 1. The molecule has 14 heteroatoms. The number of sulfonamides is 1. The van der Waals surface area contributed by atoms with Crippen LogP contribution in [0, 0.1) is 11.3 Å². The van der Waals surface area contributed by atoms with Crippen LogP contribution in [-0.2, 0) is 34.2 Å². The van der Waals surface area contributed by atoms with Gasteiger partial charge in [0, 0.05) is 85.5 Å². The van der Waals surface area contributed by atoms with Gasteiger partial charge < -0.3 is 20.1 Å². The first-order valence-electron chi connectivity index (χ1n) is 12.9. The van der Waals surface area contributed by atoms with E-state index in [0.29, 0.717) is 33.0 Å². The summed E-state index contributed by atoms with van der Waals surface area (Å²) < 4.78 is 29.2. The van der Waals surface area contributed by atoms with E-state index >= 15 is 0 Å². The second kappa shape index (κ2) is 11.1. The molecule has 2 aromatic heterocycles. The number of nitriles is 1. The van der Waals surface area contributed by atoms with Gasteiger partial charge >= 0.3 is 0 Å². The Morgan fingerprint density at radius 1 is 1.30 bits per heavy atom. The quantitative estimate of drug-likeness (QED) is 0.440. The zero-order valence-corrected chi connectivity index (χ0v) is 24.8. The Hall–Kier alpha value is -3.02. The predicted octanol–water partition coefficient (Wildman–Crippen LogP) is 2.37. The van der Waals surface area contributed by atoms with Crippen molar-refractivity contribution in [1.82, 2.24) is 29.4 Å². The molecular formula is C26H30ClN7O4S2. The highest BCUT2D eigenvalue weighted by Gasteiger charge is 2.40. The van der Waals surface area contributed by atoms with Gasteiger partial charge in [-0.1, -0.05) is 11.6 Å². The van der Waals surface area contributed by atoms with E-state index in [2.05, 4.69) is 22.2 Å². The van der Waals surface area contributed by atoms with Gasteiger partial charge in [-0.05, 0) is 25.1 Å². The van der Waals surface area contributed by atoms with E-state index in [0.717, 1.165) is 17.0 Å². The van der Waals surface area contributed by atoms with Gasteiger partial charge in [0.1, 0.15) is 0 Å². The maximum atomic E-state index is 13.9. The number of amides is 2. The number of benzene rings is 1. The standard InChI is InChI=1S/C26H30ClN7O4S2/c1-15-10-21-22(13-29-15)39-24(30-21)26(36)34-9-8-33(14-17(34)12-23(35)32(2)3)40(37,38)25-18(6-7-28)19-11-16(27)4-5-20(19)31-25/h4-5,11,15,17,29,31H,6,8-10,12-14H2,1-3H3. The summed E-state index contributed by atoms with van der Waals surface area (Å²) in [6.07, 6.45) is 0.564. The van der Waals surface area contributed by atoms with Crippen molar-refractivity contribution >= 4 is 55.7 Å². The van der Waals surface area contributed by atoms with Crippen molar-refractivity contribution in [2.75, 3.05) is 33.7 Å². The molecule has 0 bridgehead atoms. The molecule has 1 saturated heterocycles. The van der Waals surface area contributed by atoms with Crippen molar-refractivity contribution in [3.05, 3.63) is 44.4 Å². The molecule has 0 spiro atoms. The average molecular weight is 604 g/mol. The Bertz CT molecular complexity index is 1630. The van der Waals surface area contributed by atoms with Crippen LogP contribution >= 0.6 is 22.9 Å². The third kappa shape index (κ3) is 5.34. The Morgan fingerprint density at radius 2 is 2.08 bits per heavy atom. The van der Waals surface area contributed by atoms with Crippen LogP contribution in [-0.4, -0.2) is 90.1 Å². The summed E-state index contributed by atoms with van der Waals surface area (Å²) in [5.41, 5.74) is 1.80. The molecule has 212 valence electrons. The van der Waals surface area contributed by atoms with Gasteiger partial charge in [-0.3, -0.25) is 9.59 Å². The number of rotatable bonds is 6. The van der Waals surface area contributed by atoms with E-state index in [1.54, 1.807) is 37.2 Å². The fourth-order valence-corrected chi connectivity index (χ4v) is 8.04. The molecule has 2 amide bonds. The summed E-state index contributed by atoms with van der Waals surface area (Å²) in [7, 11) is -0.854. The van der Waals surface area contributed by atoms with Crippen LogP contribution in [0.25, 0.3) is 10.9 Å². The summed E-state index contributed by atoms with van der Waals surface area (Å²) in [6.45, 7) is 2.78. The van der Waals surface area contributed by atoms with E-state index in [-0.39, 0.29) is 55.4 Å². The van der Waals surface area contributed by atoms with Crippen LogP contribution in [0.2, 0.25) is 5.02 Å². The second-order valence-corrected chi connectivity index (χ2v) is 13.7. The third-order valence-corrected chi connectivity index (χ3v) is 10.6. The van der Waals surface area contributed by atoms with Gasteiger partial charge in [0.15, 0.2) is 10.0 Å². The number of halogens is 1. The van der Waals surface area contributed by atoms with Crippen molar-refractivity contribution < 1.29 is 18.0 Å². The van der Waals surface area contributed by atoms with E-state index in [1.807, 2.05) is 6.07 Å². The fraction of sp³-hybridized carbons (Fsp3) is 0.462. The van der Waals surface area contributed by atoms with Crippen LogP contribution in [0.5, 0.6) is 0 Å². The molecule has 4 heterocycles. The minimum atomic E-state index is -4.10. The first-order chi connectivity index (χ1) is 19.0. The van der Waals surface area contributed by atoms with Crippen LogP contribution in [0.3, 0.4) is 0 Å². The molecule has 3 aromatic rings. The number of piperazine rings is 1. The molecule has 2 atom stereocenters. The molecule has 1 fully saturated rings. The lowest BCUT2D eigenvalue weighted by atomic mass is 10.1. The molecule has 0 aliphatic carbocycles. The first-order valence-corrected chi connectivity index (χ1v) is 15.5. The van der Waals surface area contributed by atoms with Crippen molar-refractivity contribution in [2.24, 2.45) is 0 Å². The SMILES string of the molecule is CC1Cc2nc(C(=O)N3CCN(S(=O)(=O)c4[nH]c5ccc(Cl)cc5c4CC#N)CC3CC(=O)N(C)C)sc2CN1. The van der Waals surface area contributed by atoms with Crippen molar-refractivity contribution in [1.29, 1.82) is 5.26 Å². The van der Waals surface area contributed by atoms with Gasteiger partial charge in [0.25, 0.3) is 15.9 Å². The van der Waals surface area contributed by atoms with Gasteiger partial charge in [-0.15, -0.1) is 11.3 Å². The lowest BCUT2D eigenvalue weighted by Crippen LogP contribution is -2.57. The Kier molecular flexibility index (Phi) is 7.91. The van der Waals surface area contributed by atoms with Gasteiger partial charge in [-0.25, -0.2) is 13.4 Å². The monoisotopic (exact) mass is 603 g/mol. The molecule has 1 aromatic carbocycles. The molecule has 40 heavy (non-hydrogen) atoms. The summed E-state index contributed by atoms with van der Waals surface area (Å²) in [5, 5.41) is 14.1. The van der Waals surface area contributed by atoms with Crippen LogP contribution in [0.1, 0.15) is 39.3 Å². The highest BCUT2D eigenvalue weighted by atomic mass is 35.5. The van der Waals surface area contributed by atoms with Crippen LogP contribution in [0.15, 0.2) is 23.2 Å². The molecule has 5 rings (SSSR count). The minimum absolute atomic E-state index is 0.0342. The van der Waals surface area contributed by atoms with Gasteiger partial charge in [-0.2, -0.15) is 9.57 Å². The maximum Gasteiger partial charge on any atom is 0.283 e. The topological polar surface area (TPSA) is 142 Å². The van der Waals surface area contributed by atoms with E-state index in [1.165, 1.54) is 20.5 Å². The highest BCUT2D eigenvalue weighted by Crippen LogP contribution is 2.32. The zero-order valence-electron chi connectivity index (χ0n) is 22.4. The molecule has 2 aliphatic heterocycles. The van der Waals surface area contributed by atoms with E-state index < -0.39 is 16.1 Å². The molecular weight excluding hydrogens is 574 g/mol. The largest absolute Gasteiger partial charge is 0.349 e. The number of hydrogen-bond donors (Lipinski definition) is 2. The predicted molar refractivity (Wildman–Crippen MR) is 152 cm³/mol. The fourth-order valence-electron chi connectivity index (χ4n) is 5.19. The van der Waals surface area contributed by atoms with Crippen molar-refractivity contribution in [2.45, 2.75) is 49.8 Å². The number of aromatic nitrogens is 2. The molecule has 2 aliphatic rings. The average Bonchev–Trinajstić information content (AvgIpc) is 3.50. The number of aromatic amines is 1. The smallest absolute Gasteiger partial charge is 0.283 e. The van der Waals surface area contributed by atoms with Gasteiger partial charge in [0.05, 0.1) is 24.2 Å². The maximum absolute atomic E-state index is 13.9. The lowest BCUT2D eigenvalue weighted by molar-refractivity contribution is -0.130. The summed E-state index contributed by atoms with van der Waals surface area (Å²) in [6, 6.07) is 6.58. The number of fused-ring (bicyclic) bond motifs is 2. The van der Waals surface area contributed by atoms with Crippen molar-refractivity contribution in [3.63, 3.8) is 0 Å². The summed E-state index contributed by atoms with van der Waals surface area (Å²) in [5.74, 6) is -0.519. The molecule has 2 unspecified atom stereocenters. The zero-order chi connectivity index (χ0) is 28.8. The van der Waals surface area contributed by atoms with Crippen LogP contribution < -0.4 is 5.32 Å². The molecule has 0 radical (unpaired) electrons. The molecule has 0 saturated carbocycles. The number of nitrogens with zero attached hydrogens (tertiary/aromatic N) is 5. The van der Waals surface area contributed by atoms with E-state index in [9.17, 15) is 23.3 Å². The number of hydrogen-bond acceptors (Lipinski definition) is 8. The van der Waals surface area contributed by atoms with Crippen LogP contribution in [0.4, 0.5) is 0 Å². The number of carbonyl (C=O) groups excluding carboxylic acids is 2. The summed E-state index contributed by atoms with van der Waals surface area (Å²) >= 11 is 7.50. The Balaban J connectivity index is 1.46. The first kappa shape index (κ1) is 28.5. The number of carbonyl (C=O) groups is 2. The Labute approximate surface area is 241 Å². The van der Waals surface area contributed by atoms with Gasteiger partial charge in [0.2, 0.25) is 5.91 Å². The molecule has 2 N–H and O–H groups in total. The highest BCUT2D eigenvalue weighted by molar-refractivity contribution is 7.89. The van der Waals surface area contributed by atoms with E-state index in [4.69, 9.17) is 11.6 Å². The summed E-state index contributed by atoms with van der Waals surface area (Å²) in [4.78, 5) is 38.1. The molecule has 11 nitrogen and oxygen atoms in total. The number of H-pyrrole nitrogens is 1. The minimum Gasteiger partial charge on any atom is -0.349 e. The third-order valence-electron chi connectivity index (χ3n) is 7.37. The van der Waals surface area contributed by atoms with Crippen molar-refractivity contribution in [3.8, 4) is 6.07 Å². The Morgan fingerprint density at radius 3 is 2.80 bits per heavy atom. The normalized spacial score (nSPS) is 19.8. The second-order valence-electron chi connectivity index (χ2n) is 10.3.